The van der Waals surface area contributed by atoms with Crippen molar-refractivity contribution in [2.24, 2.45) is 5.92 Å². The van der Waals surface area contributed by atoms with Crippen molar-refractivity contribution in [3.05, 3.63) is 29.8 Å². The molecule has 146 valence electrons. The van der Waals surface area contributed by atoms with Crippen LogP contribution in [0.4, 0.5) is 0 Å². The summed E-state index contributed by atoms with van der Waals surface area (Å²) in [5.41, 5.74) is 1.55. The Labute approximate surface area is 164 Å². The van der Waals surface area contributed by atoms with E-state index in [2.05, 4.69) is 68.2 Å². The molecule has 1 fully saturated rings. The van der Waals surface area contributed by atoms with Crippen LogP contribution in [0.5, 0.6) is 0 Å². The molecule has 0 heterocycles. The van der Waals surface area contributed by atoms with Crippen LogP contribution in [-0.4, -0.2) is 41.8 Å². The molecule has 0 bridgehead atoms. The standard InChI is InChI=1S/C22H36N2OS/c1-6-24(21(25)18-10-8-7-9-11-18)17-16-23(5)26-20-14-12-19(13-15-20)22(2,3)4/h12-15,18H,6-11,16-17H2,1-5H3. The zero-order valence-electron chi connectivity index (χ0n) is 17.3. The summed E-state index contributed by atoms with van der Waals surface area (Å²) < 4.78 is 2.24. The molecule has 4 heteroatoms. The molecule has 3 nitrogen and oxygen atoms in total. The fourth-order valence-electron chi connectivity index (χ4n) is 3.53. The van der Waals surface area contributed by atoms with Crippen molar-refractivity contribution in [2.75, 3.05) is 26.7 Å². The molecule has 2 rings (SSSR count). The van der Waals surface area contributed by atoms with Crippen LogP contribution in [0.15, 0.2) is 29.2 Å². The van der Waals surface area contributed by atoms with Crippen molar-refractivity contribution in [1.82, 2.24) is 9.21 Å². The molecule has 0 unspecified atom stereocenters. The molecule has 1 aliphatic carbocycles. The highest BCUT2D eigenvalue weighted by Crippen LogP contribution is 2.27. The molecule has 0 saturated heterocycles. The Kier molecular flexibility index (Phi) is 8.03. The van der Waals surface area contributed by atoms with Gasteiger partial charge in [0.05, 0.1) is 0 Å². The maximum Gasteiger partial charge on any atom is 0.225 e. The molecule has 0 aromatic heterocycles. The van der Waals surface area contributed by atoms with Crippen molar-refractivity contribution in [3.8, 4) is 0 Å². The van der Waals surface area contributed by atoms with Crippen LogP contribution in [0, 0.1) is 5.92 Å². The van der Waals surface area contributed by atoms with Crippen molar-refractivity contribution in [2.45, 2.75) is 70.1 Å². The van der Waals surface area contributed by atoms with Crippen LogP contribution in [0.2, 0.25) is 0 Å². The van der Waals surface area contributed by atoms with E-state index in [0.717, 1.165) is 32.5 Å². The van der Waals surface area contributed by atoms with E-state index in [0.29, 0.717) is 5.91 Å². The summed E-state index contributed by atoms with van der Waals surface area (Å²) in [5.74, 6) is 0.645. The Morgan fingerprint density at radius 1 is 1.08 bits per heavy atom. The predicted molar refractivity (Wildman–Crippen MR) is 112 cm³/mol. The minimum absolute atomic E-state index is 0.191. The van der Waals surface area contributed by atoms with Gasteiger partial charge < -0.3 is 4.90 Å². The second-order valence-electron chi connectivity index (χ2n) is 8.47. The molecule has 0 radical (unpaired) electrons. The van der Waals surface area contributed by atoms with Gasteiger partial charge in [-0.1, -0.05) is 52.2 Å². The van der Waals surface area contributed by atoms with Crippen LogP contribution in [0.3, 0.4) is 0 Å². The second-order valence-corrected chi connectivity index (χ2v) is 9.75. The minimum Gasteiger partial charge on any atom is -0.341 e. The fraction of sp³-hybridized carbons (Fsp3) is 0.682. The molecule has 1 saturated carbocycles. The Bertz CT molecular complexity index is 559. The largest absolute Gasteiger partial charge is 0.341 e. The van der Waals surface area contributed by atoms with Crippen molar-refractivity contribution < 1.29 is 4.79 Å². The van der Waals surface area contributed by atoms with Gasteiger partial charge in [0.2, 0.25) is 5.91 Å². The molecular formula is C22H36N2OS. The highest BCUT2D eigenvalue weighted by atomic mass is 32.2. The molecule has 0 N–H and O–H groups in total. The third kappa shape index (κ3) is 6.31. The monoisotopic (exact) mass is 376 g/mol. The lowest BCUT2D eigenvalue weighted by molar-refractivity contribution is -0.136. The van der Waals surface area contributed by atoms with Gasteiger partial charge >= 0.3 is 0 Å². The first kappa shape index (κ1) is 21.3. The van der Waals surface area contributed by atoms with E-state index in [1.54, 1.807) is 11.9 Å². The molecule has 0 atom stereocenters. The Balaban J connectivity index is 1.82. The molecule has 0 spiro atoms. The number of nitrogens with zero attached hydrogens (tertiary/aromatic N) is 2. The molecule has 0 aliphatic heterocycles. The van der Waals surface area contributed by atoms with E-state index >= 15 is 0 Å². The molecule has 1 aromatic carbocycles. The van der Waals surface area contributed by atoms with E-state index in [1.807, 2.05) is 0 Å². The topological polar surface area (TPSA) is 23.6 Å². The van der Waals surface area contributed by atoms with E-state index in [4.69, 9.17) is 0 Å². The molecule has 1 aromatic rings. The van der Waals surface area contributed by atoms with Gasteiger partial charge in [-0.05, 0) is 61.9 Å². The number of amides is 1. The zero-order chi connectivity index (χ0) is 19.2. The first-order valence-corrected chi connectivity index (χ1v) is 10.9. The Morgan fingerprint density at radius 3 is 2.23 bits per heavy atom. The summed E-state index contributed by atoms with van der Waals surface area (Å²) in [5, 5.41) is 0. The first-order valence-electron chi connectivity index (χ1n) is 10.1. The Morgan fingerprint density at radius 2 is 1.69 bits per heavy atom. The first-order chi connectivity index (χ1) is 12.3. The lowest BCUT2D eigenvalue weighted by Gasteiger charge is -2.29. The third-order valence-corrected chi connectivity index (χ3v) is 6.29. The molecular weight excluding hydrogens is 340 g/mol. The van der Waals surface area contributed by atoms with E-state index in [-0.39, 0.29) is 11.3 Å². The van der Waals surface area contributed by atoms with Crippen LogP contribution < -0.4 is 0 Å². The lowest BCUT2D eigenvalue weighted by Crippen LogP contribution is -2.40. The van der Waals surface area contributed by atoms with Gasteiger partial charge in [0.1, 0.15) is 0 Å². The number of likely N-dealkylation sites (N-methyl/N-ethyl adjacent to an activating group) is 2. The van der Waals surface area contributed by atoms with Crippen molar-refractivity contribution in [3.63, 3.8) is 0 Å². The number of hydrogen-bond donors (Lipinski definition) is 0. The van der Waals surface area contributed by atoms with Gasteiger partial charge in [-0.3, -0.25) is 4.79 Å². The summed E-state index contributed by atoms with van der Waals surface area (Å²) in [6.07, 6.45) is 5.89. The van der Waals surface area contributed by atoms with Crippen LogP contribution in [0.1, 0.15) is 65.4 Å². The quantitative estimate of drug-likeness (QED) is 0.599. The number of carbonyl (C=O) groups excluding carboxylic acids is 1. The second kappa shape index (κ2) is 9.80. The van der Waals surface area contributed by atoms with Crippen molar-refractivity contribution >= 4 is 17.9 Å². The number of carbonyl (C=O) groups is 1. The smallest absolute Gasteiger partial charge is 0.225 e. The van der Waals surface area contributed by atoms with Gasteiger partial charge in [-0.2, -0.15) is 0 Å². The SMILES string of the molecule is CCN(CCN(C)Sc1ccc(C(C)(C)C)cc1)C(=O)C1CCCCC1. The van der Waals surface area contributed by atoms with Crippen LogP contribution >= 0.6 is 11.9 Å². The highest BCUT2D eigenvalue weighted by molar-refractivity contribution is 7.97. The van der Waals surface area contributed by atoms with E-state index < -0.39 is 0 Å². The average Bonchev–Trinajstić information content (AvgIpc) is 2.62. The maximum atomic E-state index is 12.7. The van der Waals surface area contributed by atoms with Gasteiger partial charge in [-0.25, -0.2) is 4.31 Å². The zero-order valence-corrected chi connectivity index (χ0v) is 18.1. The minimum atomic E-state index is 0.191. The molecule has 1 aliphatic rings. The van der Waals surface area contributed by atoms with Crippen LogP contribution in [-0.2, 0) is 10.2 Å². The van der Waals surface area contributed by atoms with Crippen molar-refractivity contribution in [1.29, 1.82) is 0 Å². The maximum absolute atomic E-state index is 12.7. The Hall–Kier alpha value is -1.00. The summed E-state index contributed by atoms with van der Waals surface area (Å²) >= 11 is 1.76. The summed E-state index contributed by atoms with van der Waals surface area (Å²) in [6, 6.07) is 8.85. The number of rotatable bonds is 7. The normalized spacial score (nSPS) is 16.1. The lowest BCUT2D eigenvalue weighted by atomic mass is 9.87. The van der Waals surface area contributed by atoms with Gasteiger partial charge in [0.15, 0.2) is 0 Å². The van der Waals surface area contributed by atoms with Gasteiger partial charge in [0, 0.05) is 30.4 Å². The third-order valence-electron chi connectivity index (χ3n) is 5.31. The molecule has 26 heavy (non-hydrogen) atoms. The van der Waals surface area contributed by atoms with Crippen LogP contribution in [0.25, 0.3) is 0 Å². The van der Waals surface area contributed by atoms with Gasteiger partial charge in [-0.15, -0.1) is 0 Å². The average molecular weight is 377 g/mol. The summed E-state index contributed by atoms with van der Waals surface area (Å²) in [4.78, 5) is 16.0. The van der Waals surface area contributed by atoms with E-state index in [1.165, 1.54) is 29.7 Å². The fourth-order valence-corrected chi connectivity index (χ4v) is 4.33. The summed E-state index contributed by atoms with van der Waals surface area (Å²) in [6.45, 7) is 11.3. The van der Waals surface area contributed by atoms with Gasteiger partial charge in [0.25, 0.3) is 0 Å². The summed E-state index contributed by atoms with van der Waals surface area (Å²) in [7, 11) is 2.11. The molecule has 1 amide bonds. The number of benzene rings is 1. The van der Waals surface area contributed by atoms with E-state index in [9.17, 15) is 4.79 Å². The predicted octanol–water partition coefficient (Wildman–Crippen LogP) is 5.35. The number of hydrogen-bond acceptors (Lipinski definition) is 3. The highest BCUT2D eigenvalue weighted by Gasteiger charge is 2.25.